The van der Waals surface area contributed by atoms with Gasteiger partial charge in [-0.05, 0) is 26.8 Å². The highest BCUT2D eigenvalue weighted by atomic mass is 16.5. The van der Waals surface area contributed by atoms with Crippen molar-refractivity contribution in [1.29, 1.82) is 0 Å². The summed E-state index contributed by atoms with van der Waals surface area (Å²) < 4.78 is 12.5. The number of ether oxygens (including phenoxy) is 1. The predicted molar refractivity (Wildman–Crippen MR) is 74.3 cm³/mol. The van der Waals surface area contributed by atoms with Gasteiger partial charge in [0.1, 0.15) is 11.5 Å². The Morgan fingerprint density at radius 2 is 2.26 bits per heavy atom. The molecule has 5 nitrogen and oxygen atoms in total. The Kier molecular flexibility index (Phi) is 4.27. The molecule has 104 valence electrons. The molecule has 1 unspecified atom stereocenters. The van der Waals surface area contributed by atoms with Crippen LogP contribution in [0.3, 0.4) is 0 Å². The third-order valence-corrected chi connectivity index (χ3v) is 3.09. The molecule has 2 aromatic heterocycles. The molecule has 0 aliphatic heterocycles. The van der Waals surface area contributed by atoms with E-state index in [-0.39, 0.29) is 6.04 Å². The van der Waals surface area contributed by atoms with Crippen LogP contribution in [0.2, 0.25) is 0 Å². The number of hydrogen-bond acceptors (Lipinski definition) is 4. The van der Waals surface area contributed by atoms with Crippen LogP contribution in [-0.2, 0) is 11.3 Å². The number of aryl methyl sites for hydroxylation is 2. The topological polar surface area (TPSA) is 52.2 Å². The summed E-state index contributed by atoms with van der Waals surface area (Å²) in [6, 6.07) is 2.26. The monoisotopic (exact) mass is 263 g/mol. The number of nitrogens with one attached hydrogen (secondary N) is 1. The number of anilines is 1. The number of nitrogens with zero attached hydrogens (tertiary/aromatic N) is 2. The first-order chi connectivity index (χ1) is 9.10. The number of methoxy groups -OCH3 is 1. The molecule has 0 radical (unpaired) electrons. The first kappa shape index (κ1) is 13.7. The standard InChI is InChI=1S/C14H21N3O2/c1-10-7-14(12(3)19-10)11(2)16-13-8-15-17(9-13)5-6-18-4/h7-9,11,16H,5-6H2,1-4H3. The van der Waals surface area contributed by atoms with Gasteiger partial charge in [0.2, 0.25) is 0 Å². The number of hydrogen-bond donors (Lipinski definition) is 1. The summed E-state index contributed by atoms with van der Waals surface area (Å²) in [7, 11) is 1.69. The summed E-state index contributed by atoms with van der Waals surface area (Å²) in [6.45, 7) is 7.49. The van der Waals surface area contributed by atoms with E-state index in [1.807, 2.05) is 30.9 Å². The minimum Gasteiger partial charge on any atom is -0.466 e. The second kappa shape index (κ2) is 5.93. The average molecular weight is 263 g/mol. The van der Waals surface area contributed by atoms with Crippen LogP contribution in [0.25, 0.3) is 0 Å². The quantitative estimate of drug-likeness (QED) is 0.870. The number of rotatable bonds is 6. The van der Waals surface area contributed by atoms with Crippen molar-refractivity contribution in [2.24, 2.45) is 0 Å². The molecule has 2 heterocycles. The van der Waals surface area contributed by atoms with E-state index in [0.29, 0.717) is 6.61 Å². The lowest BCUT2D eigenvalue weighted by Crippen LogP contribution is -2.07. The van der Waals surface area contributed by atoms with Gasteiger partial charge in [-0.1, -0.05) is 0 Å². The van der Waals surface area contributed by atoms with Crippen molar-refractivity contribution < 1.29 is 9.15 Å². The van der Waals surface area contributed by atoms with Crippen LogP contribution in [0.5, 0.6) is 0 Å². The van der Waals surface area contributed by atoms with Gasteiger partial charge < -0.3 is 14.5 Å². The molecule has 1 N–H and O–H groups in total. The summed E-state index contributed by atoms with van der Waals surface area (Å²) in [5.41, 5.74) is 2.18. The van der Waals surface area contributed by atoms with Crippen molar-refractivity contribution in [1.82, 2.24) is 9.78 Å². The highest BCUT2D eigenvalue weighted by molar-refractivity contribution is 5.42. The number of furan rings is 1. The molecule has 2 aromatic rings. The summed E-state index contributed by atoms with van der Waals surface area (Å²) in [4.78, 5) is 0. The van der Waals surface area contributed by atoms with Crippen LogP contribution < -0.4 is 5.32 Å². The van der Waals surface area contributed by atoms with Gasteiger partial charge in [0, 0.05) is 18.9 Å². The molecule has 2 rings (SSSR count). The molecule has 0 aliphatic carbocycles. The van der Waals surface area contributed by atoms with E-state index in [2.05, 4.69) is 23.4 Å². The van der Waals surface area contributed by atoms with Crippen molar-refractivity contribution in [2.45, 2.75) is 33.4 Å². The Balaban J connectivity index is 2.00. The molecule has 0 fully saturated rings. The van der Waals surface area contributed by atoms with E-state index >= 15 is 0 Å². The Morgan fingerprint density at radius 3 is 2.89 bits per heavy atom. The largest absolute Gasteiger partial charge is 0.466 e. The van der Waals surface area contributed by atoms with E-state index in [1.165, 1.54) is 5.56 Å². The zero-order valence-electron chi connectivity index (χ0n) is 11.9. The fourth-order valence-corrected chi connectivity index (χ4v) is 2.15. The summed E-state index contributed by atoms with van der Waals surface area (Å²) in [5.74, 6) is 1.90. The molecular formula is C14H21N3O2. The Labute approximate surface area is 113 Å². The molecule has 1 atom stereocenters. The van der Waals surface area contributed by atoms with E-state index in [0.717, 1.165) is 23.8 Å². The van der Waals surface area contributed by atoms with Crippen LogP contribution in [-0.4, -0.2) is 23.5 Å². The lowest BCUT2D eigenvalue weighted by Gasteiger charge is -2.12. The molecule has 0 spiro atoms. The van der Waals surface area contributed by atoms with Gasteiger partial charge in [-0.2, -0.15) is 5.10 Å². The third-order valence-electron chi connectivity index (χ3n) is 3.09. The smallest absolute Gasteiger partial charge is 0.106 e. The van der Waals surface area contributed by atoms with Gasteiger partial charge in [0.05, 0.1) is 31.1 Å². The van der Waals surface area contributed by atoms with E-state index in [9.17, 15) is 0 Å². The SMILES string of the molecule is COCCn1cc(NC(C)c2cc(C)oc2C)cn1. The number of aromatic nitrogens is 2. The van der Waals surface area contributed by atoms with E-state index in [1.54, 1.807) is 7.11 Å². The van der Waals surface area contributed by atoms with Crippen LogP contribution in [0, 0.1) is 13.8 Å². The molecule has 19 heavy (non-hydrogen) atoms. The zero-order chi connectivity index (χ0) is 13.8. The maximum absolute atomic E-state index is 5.55. The second-order valence-electron chi connectivity index (χ2n) is 4.72. The predicted octanol–water partition coefficient (Wildman–Crippen LogP) is 2.91. The summed E-state index contributed by atoms with van der Waals surface area (Å²) in [6.07, 6.45) is 3.81. The van der Waals surface area contributed by atoms with Gasteiger partial charge in [-0.15, -0.1) is 0 Å². The zero-order valence-corrected chi connectivity index (χ0v) is 11.9. The van der Waals surface area contributed by atoms with Gasteiger partial charge in [-0.25, -0.2) is 0 Å². The van der Waals surface area contributed by atoms with E-state index < -0.39 is 0 Å². The van der Waals surface area contributed by atoms with Crippen molar-refractivity contribution in [3.05, 3.63) is 35.5 Å². The van der Waals surface area contributed by atoms with Gasteiger partial charge in [0.25, 0.3) is 0 Å². The molecule has 0 amide bonds. The fourth-order valence-electron chi connectivity index (χ4n) is 2.15. The van der Waals surface area contributed by atoms with Crippen molar-refractivity contribution in [2.75, 3.05) is 19.0 Å². The van der Waals surface area contributed by atoms with Crippen LogP contribution in [0.15, 0.2) is 22.9 Å². The molecule has 0 aromatic carbocycles. The molecule has 0 saturated carbocycles. The molecule has 0 saturated heterocycles. The van der Waals surface area contributed by atoms with Gasteiger partial charge >= 0.3 is 0 Å². The molecule has 5 heteroatoms. The lowest BCUT2D eigenvalue weighted by atomic mass is 10.1. The van der Waals surface area contributed by atoms with Crippen molar-refractivity contribution in [3.8, 4) is 0 Å². The highest BCUT2D eigenvalue weighted by Crippen LogP contribution is 2.24. The van der Waals surface area contributed by atoms with Crippen LogP contribution >= 0.6 is 0 Å². The average Bonchev–Trinajstić information content (AvgIpc) is 2.93. The van der Waals surface area contributed by atoms with Crippen LogP contribution in [0.1, 0.15) is 30.0 Å². The highest BCUT2D eigenvalue weighted by Gasteiger charge is 2.13. The van der Waals surface area contributed by atoms with Crippen molar-refractivity contribution >= 4 is 5.69 Å². The Bertz CT molecular complexity index is 531. The minimum absolute atomic E-state index is 0.192. The minimum atomic E-state index is 0.192. The molecular weight excluding hydrogens is 242 g/mol. The van der Waals surface area contributed by atoms with E-state index in [4.69, 9.17) is 9.15 Å². The van der Waals surface area contributed by atoms with Gasteiger partial charge in [-0.3, -0.25) is 4.68 Å². The lowest BCUT2D eigenvalue weighted by molar-refractivity contribution is 0.183. The maximum atomic E-state index is 5.55. The second-order valence-corrected chi connectivity index (χ2v) is 4.72. The first-order valence-corrected chi connectivity index (χ1v) is 6.45. The summed E-state index contributed by atoms with van der Waals surface area (Å²) in [5, 5.41) is 7.70. The summed E-state index contributed by atoms with van der Waals surface area (Å²) >= 11 is 0. The van der Waals surface area contributed by atoms with Gasteiger partial charge in [0.15, 0.2) is 0 Å². The Hall–Kier alpha value is -1.75. The first-order valence-electron chi connectivity index (χ1n) is 6.45. The molecule has 0 bridgehead atoms. The fraction of sp³-hybridized carbons (Fsp3) is 0.500. The normalized spacial score (nSPS) is 12.6. The third kappa shape index (κ3) is 3.38. The Morgan fingerprint density at radius 1 is 1.47 bits per heavy atom. The molecule has 0 aliphatic rings. The van der Waals surface area contributed by atoms with Crippen molar-refractivity contribution in [3.63, 3.8) is 0 Å². The van der Waals surface area contributed by atoms with Crippen LogP contribution in [0.4, 0.5) is 5.69 Å². The maximum Gasteiger partial charge on any atom is 0.106 e.